The van der Waals surface area contributed by atoms with Crippen LogP contribution in [0.4, 0.5) is 0 Å². The lowest BCUT2D eigenvalue weighted by atomic mass is 10.0. The first kappa shape index (κ1) is 14.3. The summed E-state index contributed by atoms with van der Waals surface area (Å²) in [5, 5.41) is 7.63. The summed E-state index contributed by atoms with van der Waals surface area (Å²) in [4.78, 5) is 6.95. The number of aromatic nitrogens is 2. The number of hydrogen-bond donors (Lipinski definition) is 1. The van der Waals surface area contributed by atoms with Gasteiger partial charge in [0.05, 0.1) is 25.2 Å². The van der Waals surface area contributed by atoms with Crippen LogP contribution in [0.1, 0.15) is 30.6 Å². The zero-order valence-corrected chi connectivity index (χ0v) is 12.9. The van der Waals surface area contributed by atoms with Crippen molar-refractivity contribution in [3.05, 3.63) is 11.7 Å². The summed E-state index contributed by atoms with van der Waals surface area (Å²) in [5.41, 5.74) is 0. The van der Waals surface area contributed by atoms with E-state index in [1.54, 1.807) is 0 Å². The normalized spacial score (nSPS) is 31.8. The van der Waals surface area contributed by atoms with Gasteiger partial charge >= 0.3 is 0 Å². The zero-order chi connectivity index (χ0) is 13.9. The molecule has 0 aromatic carbocycles. The lowest BCUT2D eigenvalue weighted by Crippen LogP contribution is -2.34. The van der Waals surface area contributed by atoms with E-state index in [-0.39, 0.29) is 18.0 Å². The van der Waals surface area contributed by atoms with E-state index in [2.05, 4.69) is 34.3 Å². The maximum Gasteiger partial charge on any atom is 0.233 e. The fourth-order valence-electron chi connectivity index (χ4n) is 2.75. The van der Waals surface area contributed by atoms with Crippen LogP contribution in [-0.4, -0.2) is 65.9 Å². The Bertz CT molecular complexity index is 442. The second-order valence-electron chi connectivity index (χ2n) is 5.37. The molecule has 6 nitrogen and oxygen atoms in total. The minimum absolute atomic E-state index is 0.178. The molecule has 20 heavy (non-hydrogen) atoms. The van der Waals surface area contributed by atoms with Crippen LogP contribution in [0.3, 0.4) is 0 Å². The average molecular weight is 298 g/mol. The molecule has 0 spiro atoms. The van der Waals surface area contributed by atoms with E-state index in [0.29, 0.717) is 12.5 Å². The van der Waals surface area contributed by atoms with Gasteiger partial charge in [-0.15, -0.1) is 0 Å². The van der Waals surface area contributed by atoms with Crippen LogP contribution < -0.4 is 5.32 Å². The van der Waals surface area contributed by atoms with Crippen molar-refractivity contribution >= 4 is 11.8 Å². The molecule has 2 fully saturated rings. The lowest BCUT2D eigenvalue weighted by molar-refractivity contribution is 0.185. The van der Waals surface area contributed by atoms with Crippen molar-refractivity contribution in [2.45, 2.75) is 24.9 Å². The van der Waals surface area contributed by atoms with E-state index in [9.17, 15) is 0 Å². The highest BCUT2D eigenvalue weighted by Crippen LogP contribution is 2.29. The van der Waals surface area contributed by atoms with E-state index in [1.807, 2.05) is 11.8 Å². The third-order valence-corrected chi connectivity index (χ3v) is 5.04. The maximum absolute atomic E-state index is 5.55. The second-order valence-corrected chi connectivity index (χ2v) is 6.52. The highest BCUT2D eigenvalue weighted by molar-refractivity contribution is 7.99. The summed E-state index contributed by atoms with van der Waals surface area (Å²) in [7, 11) is 2.13. The highest BCUT2D eigenvalue weighted by Gasteiger charge is 2.35. The largest absolute Gasteiger partial charge is 0.379 e. The van der Waals surface area contributed by atoms with E-state index < -0.39 is 0 Å². The minimum atomic E-state index is 0.178. The summed E-state index contributed by atoms with van der Waals surface area (Å²) >= 11 is 1.95. The fraction of sp³-hybridized carbons (Fsp3) is 0.846. The maximum atomic E-state index is 5.55. The lowest BCUT2D eigenvalue weighted by Gasteiger charge is -2.29. The van der Waals surface area contributed by atoms with Crippen LogP contribution >= 0.6 is 11.8 Å². The molecule has 1 aromatic heterocycles. The smallest absolute Gasteiger partial charge is 0.233 e. The Hall–Kier alpha value is -0.630. The molecule has 0 radical (unpaired) electrons. The van der Waals surface area contributed by atoms with Gasteiger partial charge in [0.15, 0.2) is 5.82 Å². The van der Waals surface area contributed by atoms with Crippen molar-refractivity contribution in [1.29, 1.82) is 0 Å². The number of nitrogens with one attached hydrogen (secondary N) is 1. The van der Waals surface area contributed by atoms with Crippen LogP contribution in [0.5, 0.6) is 0 Å². The predicted molar refractivity (Wildman–Crippen MR) is 78.0 cm³/mol. The molecule has 3 heterocycles. The van der Waals surface area contributed by atoms with Gasteiger partial charge in [-0.25, -0.2) is 0 Å². The van der Waals surface area contributed by atoms with Crippen molar-refractivity contribution in [2.75, 3.05) is 44.9 Å². The summed E-state index contributed by atoms with van der Waals surface area (Å²) in [6.45, 7) is 5.48. The topological polar surface area (TPSA) is 63.4 Å². The number of hydrogen-bond acceptors (Lipinski definition) is 7. The molecule has 7 heteroatoms. The minimum Gasteiger partial charge on any atom is -0.379 e. The molecule has 3 unspecified atom stereocenters. The quantitative estimate of drug-likeness (QED) is 0.885. The first-order valence-corrected chi connectivity index (χ1v) is 8.37. The molecule has 2 aliphatic rings. The third-order valence-electron chi connectivity index (χ3n) is 4.02. The van der Waals surface area contributed by atoms with Gasteiger partial charge in [0.1, 0.15) is 0 Å². The molecular weight excluding hydrogens is 276 g/mol. The van der Waals surface area contributed by atoms with Crippen LogP contribution in [0.2, 0.25) is 0 Å². The van der Waals surface area contributed by atoms with Crippen LogP contribution in [0, 0.1) is 0 Å². The summed E-state index contributed by atoms with van der Waals surface area (Å²) in [6.07, 6.45) is 0. The van der Waals surface area contributed by atoms with Crippen LogP contribution in [0.15, 0.2) is 4.52 Å². The Morgan fingerprint density at radius 3 is 3.15 bits per heavy atom. The Labute approximate surface area is 123 Å². The van der Waals surface area contributed by atoms with Gasteiger partial charge in [0.2, 0.25) is 5.89 Å². The molecule has 1 N–H and O–H groups in total. The summed E-state index contributed by atoms with van der Waals surface area (Å²) in [6, 6.07) is 0.554. The Morgan fingerprint density at radius 2 is 2.35 bits per heavy atom. The van der Waals surface area contributed by atoms with Gasteiger partial charge < -0.3 is 14.6 Å². The van der Waals surface area contributed by atoms with E-state index >= 15 is 0 Å². The van der Waals surface area contributed by atoms with Gasteiger partial charge in [0.25, 0.3) is 0 Å². The molecular formula is C13H22N4O2S. The van der Waals surface area contributed by atoms with Gasteiger partial charge in [0, 0.05) is 24.1 Å². The van der Waals surface area contributed by atoms with Gasteiger partial charge in [-0.05, 0) is 13.6 Å². The Kier molecular flexibility index (Phi) is 4.60. The number of rotatable bonds is 4. The first-order valence-electron chi connectivity index (χ1n) is 7.22. The number of thioether (sulfide) groups is 1. The van der Waals surface area contributed by atoms with E-state index in [4.69, 9.17) is 9.26 Å². The number of likely N-dealkylation sites (N-methyl/N-ethyl adjacent to an activating group) is 1. The van der Waals surface area contributed by atoms with Crippen molar-refractivity contribution in [3.8, 4) is 0 Å². The van der Waals surface area contributed by atoms with Crippen LogP contribution in [-0.2, 0) is 4.74 Å². The molecule has 0 bridgehead atoms. The van der Waals surface area contributed by atoms with Crippen molar-refractivity contribution in [3.63, 3.8) is 0 Å². The molecule has 112 valence electrons. The molecule has 2 aliphatic heterocycles. The molecule has 0 saturated carbocycles. The molecule has 3 atom stereocenters. The number of nitrogens with zero attached hydrogens (tertiary/aromatic N) is 3. The summed E-state index contributed by atoms with van der Waals surface area (Å²) in [5.74, 6) is 3.92. The SMILES string of the molecule is CCNC1COCC1c1nc(C2CSCCN2C)no1. The van der Waals surface area contributed by atoms with Gasteiger partial charge in [-0.2, -0.15) is 16.7 Å². The molecule has 1 aromatic rings. The Balaban J connectivity index is 1.72. The Morgan fingerprint density at radius 1 is 1.45 bits per heavy atom. The van der Waals surface area contributed by atoms with E-state index in [1.165, 1.54) is 5.75 Å². The highest BCUT2D eigenvalue weighted by atomic mass is 32.2. The van der Waals surface area contributed by atoms with Crippen molar-refractivity contribution in [2.24, 2.45) is 0 Å². The number of ether oxygens (including phenoxy) is 1. The monoisotopic (exact) mass is 298 g/mol. The van der Waals surface area contributed by atoms with Crippen molar-refractivity contribution in [1.82, 2.24) is 20.4 Å². The van der Waals surface area contributed by atoms with Crippen molar-refractivity contribution < 1.29 is 9.26 Å². The molecule has 0 amide bonds. The average Bonchev–Trinajstić information content (AvgIpc) is 3.08. The second kappa shape index (κ2) is 6.43. The first-order chi connectivity index (χ1) is 9.79. The van der Waals surface area contributed by atoms with Gasteiger partial charge in [-0.1, -0.05) is 12.1 Å². The predicted octanol–water partition coefficient (Wildman–Crippen LogP) is 0.881. The third kappa shape index (κ3) is 2.86. The molecule has 2 saturated heterocycles. The zero-order valence-electron chi connectivity index (χ0n) is 12.0. The van der Waals surface area contributed by atoms with Gasteiger partial charge in [-0.3, -0.25) is 4.90 Å². The fourth-order valence-corrected chi connectivity index (χ4v) is 3.96. The molecule has 3 rings (SSSR count). The molecule has 0 aliphatic carbocycles. The van der Waals surface area contributed by atoms with Crippen LogP contribution in [0.25, 0.3) is 0 Å². The van der Waals surface area contributed by atoms with E-state index in [0.717, 1.165) is 31.3 Å². The standard InChI is InChI=1S/C13H22N4O2S/c1-3-14-10-7-18-6-9(10)13-15-12(16-19-13)11-8-20-5-4-17(11)2/h9-11,14H,3-8H2,1-2H3. The summed E-state index contributed by atoms with van der Waals surface area (Å²) < 4.78 is 11.1.